The Kier molecular flexibility index (Phi) is 3.29. The van der Waals surface area contributed by atoms with Crippen molar-refractivity contribution < 1.29 is 0 Å². The maximum absolute atomic E-state index is 4.35. The van der Waals surface area contributed by atoms with Crippen LogP contribution in [0.3, 0.4) is 0 Å². The normalized spacial score (nSPS) is 17.7. The molecule has 1 N–H and O–H groups in total. The van der Waals surface area contributed by atoms with E-state index >= 15 is 0 Å². The first-order chi connectivity index (χ1) is 7.29. The Hall–Kier alpha value is -0.990. The third-order valence-electron chi connectivity index (χ3n) is 2.94. The van der Waals surface area contributed by atoms with E-state index in [1.807, 2.05) is 6.20 Å². The highest BCUT2D eigenvalue weighted by Crippen LogP contribution is 2.33. The fraction of sp³-hybridized carbons (Fsp3) is 0.750. The highest BCUT2D eigenvalue weighted by molar-refractivity contribution is 5.27. The molecule has 15 heavy (non-hydrogen) atoms. The molecular formula is C12H21N3. The first-order valence-electron chi connectivity index (χ1n) is 6.07. The summed E-state index contributed by atoms with van der Waals surface area (Å²) in [6, 6.07) is 0.551. The number of nitrogens with zero attached hydrogens (tertiary/aromatic N) is 2. The minimum absolute atomic E-state index is 0.551. The van der Waals surface area contributed by atoms with Crippen molar-refractivity contribution in [1.82, 2.24) is 9.55 Å². The molecular weight excluding hydrogens is 186 g/mol. The van der Waals surface area contributed by atoms with Crippen LogP contribution >= 0.6 is 0 Å². The lowest BCUT2D eigenvalue weighted by molar-refractivity contribution is 0.620. The SMILES string of the molecule is CCCn1ccnc1NC(C)CC1CC1. The Morgan fingerprint density at radius 3 is 3.07 bits per heavy atom. The Morgan fingerprint density at radius 1 is 1.60 bits per heavy atom. The largest absolute Gasteiger partial charge is 0.353 e. The van der Waals surface area contributed by atoms with Crippen LogP contribution in [0.5, 0.6) is 0 Å². The van der Waals surface area contributed by atoms with Gasteiger partial charge in [-0.3, -0.25) is 0 Å². The molecule has 0 spiro atoms. The number of aromatic nitrogens is 2. The van der Waals surface area contributed by atoms with Gasteiger partial charge in [0.25, 0.3) is 0 Å². The fourth-order valence-corrected chi connectivity index (χ4v) is 2.00. The smallest absolute Gasteiger partial charge is 0.202 e. The van der Waals surface area contributed by atoms with Gasteiger partial charge in [0, 0.05) is 25.0 Å². The van der Waals surface area contributed by atoms with Crippen molar-refractivity contribution in [3.05, 3.63) is 12.4 Å². The van der Waals surface area contributed by atoms with E-state index in [0.717, 1.165) is 24.8 Å². The van der Waals surface area contributed by atoms with Gasteiger partial charge in [-0.1, -0.05) is 19.8 Å². The lowest BCUT2D eigenvalue weighted by Gasteiger charge is -2.15. The van der Waals surface area contributed by atoms with E-state index < -0.39 is 0 Å². The van der Waals surface area contributed by atoms with Crippen LogP contribution in [0.1, 0.15) is 39.5 Å². The van der Waals surface area contributed by atoms with E-state index in [-0.39, 0.29) is 0 Å². The monoisotopic (exact) mass is 207 g/mol. The lowest BCUT2D eigenvalue weighted by atomic mass is 10.2. The number of hydrogen-bond acceptors (Lipinski definition) is 2. The van der Waals surface area contributed by atoms with E-state index in [0.29, 0.717) is 6.04 Å². The van der Waals surface area contributed by atoms with Gasteiger partial charge in [0.1, 0.15) is 0 Å². The molecule has 1 saturated carbocycles. The molecule has 3 heteroatoms. The second-order valence-electron chi connectivity index (χ2n) is 4.67. The quantitative estimate of drug-likeness (QED) is 0.777. The molecule has 0 saturated heterocycles. The molecule has 0 amide bonds. The third-order valence-corrected chi connectivity index (χ3v) is 2.94. The van der Waals surface area contributed by atoms with Gasteiger partial charge in [-0.25, -0.2) is 4.98 Å². The van der Waals surface area contributed by atoms with Gasteiger partial charge in [-0.05, 0) is 25.7 Å². The molecule has 1 unspecified atom stereocenters. The van der Waals surface area contributed by atoms with Crippen LogP contribution in [-0.4, -0.2) is 15.6 Å². The number of imidazole rings is 1. The molecule has 1 aliphatic carbocycles. The van der Waals surface area contributed by atoms with Gasteiger partial charge in [-0.2, -0.15) is 0 Å². The molecule has 1 heterocycles. The summed E-state index contributed by atoms with van der Waals surface area (Å²) < 4.78 is 2.20. The van der Waals surface area contributed by atoms with Crippen molar-refractivity contribution in [1.29, 1.82) is 0 Å². The Bertz CT molecular complexity index is 302. The predicted molar refractivity (Wildman–Crippen MR) is 62.9 cm³/mol. The molecule has 0 aliphatic heterocycles. The first-order valence-corrected chi connectivity index (χ1v) is 6.07. The van der Waals surface area contributed by atoms with Gasteiger partial charge in [0.15, 0.2) is 0 Å². The summed E-state index contributed by atoms with van der Waals surface area (Å²) >= 11 is 0. The van der Waals surface area contributed by atoms with Gasteiger partial charge < -0.3 is 9.88 Å². The summed E-state index contributed by atoms with van der Waals surface area (Å²) in [6.07, 6.45) is 9.23. The zero-order valence-electron chi connectivity index (χ0n) is 9.74. The average Bonchev–Trinajstić information content (AvgIpc) is 2.90. The Labute approximate surface area is 91.9 Å². The van der Waals surface area contributed by atoms with Crippen molar-refractivity contribution in [2.45, 2.75) is 52.1 Å². The molecule has 3 nitrogen and oxygen atoms in total. The summed E-state index contributed by atoms with van der Waals surface area (Å²) in [5, 5.41) is 3.50. The summed E-state index contributed by atoms with van der Waals surface area (Å²) in [6.45, 7) is 5.50. The van der Waals surface area contributed by atoms with E-state index in [1.54, 1.807) is 0 Å². The van der Waals surface area contributed by atoms with E-state index in [9.17, 15) is 0 Å². The van der Waals surface area contributed by atoms with Crippen molar-refractivity contribution in [2.75, 3.05) is 5.32 Å². The highest BCUT2D eigenvalue weighted by Gasteiger charge is 2.23. The van der Waals surface area contributed by atoms with E-state index in [4.69, 9.17) is 0 Å². The van der Waals surface area contributed by atoms with E-state index in [2.05, 4.69) is 34.9 Å². The molecule has 1 aliphatic rings. The van der Waals surface area contributed by atoms with Gasteiger partial charge in [0.2, 0.25) is 5.95 Å². The number of anilines is 1. The topological polar surface area (TPSA) is 29.9 Å². The Balaban J connectivity index is 1.87. The molecule has 1 aromatic rings. The molecule has 1 atom stereocenters. The van der Waals surface area contributed by atoms with Crippen LogP contribution in [0, 0.1) is 5.92 Å². The van der Waals surface area contributed by atoms with Gasteiger partial charge in [0.05, 0.1) is 0 Å². The molecule has 0 radical (unpaired) electrons. The standard InChI is InChI=1S/C12H21N3/c1-3-7-15-8-6-13-12(15)14-10(2)9-11-4-5-11/h6,8,10-11H,3-5,7,9H2,1-2H3,(H,13,14). The number of hydrogen-bond donors (Lipinski definition) is 1. The second kappa shape index (κ2) is 4.69. The molecule has 2 rings (SSSR count). The molecule has 0 bridgehead atoms. The Morgan fingerprint density at radius 2 is 2.40 bits per heavy atom. The maximum Gasteiger partial charge on any atom is 0.202 e. The zero-order chi connectivity index (χ0) is 10.7. The molecule has 0 aromatic carbocycles. The van der Waals surface area contributed by atoms with Crippen molar-refractivity contribution in [2.24, 2.45) is 5.92 Å². The average molecular weight is 207 g/mol. The maximum atomic E-state index is 4.35. The number of rotatable bonds is 6. The summed E-state index contributed by atoms with van der Waals surface area (Å²) in [5.74, 6) is 2.01. The van der Waals surface area contributed by atoms with Crippen LogP contribution in [-0.2, 0) is 6.54 Å². The minimum Gasteiger partial charge on any atom is -0.353 e. The third kappa shape index (κ3) is 2.98. The van der Waals surface area contributed by atoms with Crippen LogP contribution in [0.15, 0.2) is 12.4 Å². The number of nitrogens with one attached hydrogen (secondary N) is 1. The van der Waals surface area contributed by atoms with Crippen LogP contribution in [0.4, 0.5) is 5.95 Å². The van der Waals surface area contributed by atoms with E-state index in [1.165, 1.54) is 19.3 Å². The summed E-state index contributed by atoms with van der Waals surface area (Å²) in [4.78, 5) is 4.35. The van der Waals surface area contributed by atoms with Crippen molar-refractivity contribution in [3.63, 3.8) is 0 Å². The molecule has 84 valence electrons. The summed E-state index contributed by atoms with van der Waals surface area (Å²) in [5.41, 5.74) is 0. The van der Waals surface area contributed by atoms with Crippen LogP contribution in [0.2, 0.25) is 0 Å². The molecule has 1 aromatic heterocycles. The lowest BCUT2D eigenvalue weighted by Crippen LogP contribution is -2.19. The van der Waals surface area contributed by atoms with Crippen molar-refractivity contribution in [3.8, 4) is 0 Å². The fourth-order valence-electron chi connectivity index (χ4n) is 2.00. The van der Waals surface area contributed by atoms with Gasteiger partial charge in [-0.15, -0.1) is 0 Å². The summed E-state index contributed by atoms with van der Waals surface area (Å²) in [7, 11) is 0. The first kappa shape index (κ1) is 10.5. The van der Waals surface area contributed by atoms with Crippen LogP contribution < -0.4 is 5.32 Å². The minimum atomic E-state index is 0.551. The van der Waals surface area contributed by atoms with Gasteiger partial charge >= 0.3 is 0 Å². The predicted octanol–water partition coefficient (Wildman–Crippen LogP) is 2.89. The second-order valence-corrected chi connectivity index (χ2v) is 4.67. The zero-order valence-corrected chi connectivity index (χ0v) is 9.74. The molecule has 1 fully saturated rings. The van der Waals surface area contributed by atoms with Crippen LogP contribution in [0.25, 0.3) is 0 Å². The van der Waals surface area contributed by atoms with Crippen molar-refractivity contribution >= 4 is 5.95 Å². The number of aryl methyl sites for hydroxylation is 1. The highest BCUT2D eigenvalue weighted by atomic mass is 15.2.